The second kappa shape index (κ2) is 10.1. The van der Waals surface area contributed by atoms with Gasteiger partial charge >= 0.3 is 0 Å². The molecule has 2 aromatic heterocycles. The molecule has 1 aliphatic heterocycles. The van der Waals surface area contributed by atoms with Crippen LogP contribution in [0.4, 0.5) is 11.5 Å². The van der Waals surface area contributed by atoms with E-state index < -0.39 is 0 Å². The monoisotopic (exact) mass is 421 g/mol. The Hall–Kier alpha value is -3.42. The van der Waals surface area contributed by atoms with Gasteiger partial charge < -0.3 is 19.5 Å². The maximum Gasteiger partial charge on any atom is 0.226 e. The van der Waals surface area contributed by atoms with E-state index in [9.17, 15) is 4.79 Å². The Morgan fingerprint density at radius 2 is 1.94 bits per heavy atom. The van der Waals surface area contributed by atoms with E-state index in [1.54, 1.807) is 13.3 Å². The van der Waals surface area contributed by atoms with Crippen molar-refractivity contribution in [2.75, 3.05) is 30.4 Å². The first-order valence-electron chi connectivity index (χ1n) is 10.7. The van der Waals surface area contributed by atoms with Gasteiger partial charge in [0.15, 0.2) is 0 Å². The second-order valence-electron chi connectivity index (χ2n) is 7.59. The van der Waals surface area contributed by atoms with Crippen LogP contribution in [0.25, 0.3) is 11.4 Å². The van der Waals surface area contributed by atoms with E-state index >= 15 is 0 Å². The molecule has 1 fully saturated rings. The van der Waals surface area contributed by atoms with Crippen LogP contribution in [-0.2, 0) is 11.2 Å². The van der Waals surface area contributed by atoms with Crippen LogP contribution in [0.15, 0.2) is 47.1 Å². The van der Waals surface area contributed by atoms with Gasteiger partial charge in [-0.15, -0.1) is 0 Å². The number of pyridine rings is 1. The van der Waals surface area contributed by atoms with Crippen molar-refractivity contribution in [1.82, 2.24) is 15.1 Å². The summed E-state index contributed by atoms with van der Waals surface area (Å²) in [7, 11) is 1.62. The highest BCUT2D eigenvalue weighted by atomic mass is 16.5. The van der Waals surface area contributed by atoms with E-state index in [0.717, 1.165) is 30.2 Å². The molecule has 0 aliphatic carbocycles. The molecule has 0 radical (unpaired) electrons. The van der Waals surface area contributed by atoms with E-state index in [1.807, 2.05) is 36.4 Å². The summed E-state index contributed by atoms with van der Waals surface area (Å²) in [5.74, 6) is 2.74. The first kappa shape index (κ1) is 20.8. The van der Waals surface area contributed by atoms with Crippen LogP contribution in [0.2, 0.25) is 0 Å². The summed E-state index contributed by atoms with van der Waals surface area (Å²) in [5.41, 5.74) is 1.57. The number of rotatable bonds is 8. The molecule has 1 saturated heterocycles. The van der Waals surface area contributed by atoms with Crippen LogP contribution in [0, 0.1) is 0 Å². The van der Waals surface area contributed by atoms with Gasteiger partial charge in [-0.3, -0.25) is 4.79 Å². The van der Waals surface area contributed by atoms with Gasteiger partial charge in [-0.25, -0.2) is 4.98 Å². The minimum atomic E-state index is -0.0533. The predicted molar refractivity (Wildman–Crippen MR) is 118 cm³/mol. The van der Waals surface area contributed by atoms with Gasteiger partial charge in [0.25, 0.3) is 0 Å². The van der Waals surface area contributed by atoms with E-state index in [0.29, 0.717) is 36.7 Å². The van der Waals surface area contributed by atoms with Crippen molar-refractivity contribution in [2.24, 2.45) is 0 Å². The van der Waals surface area contributed by atoms with Gasteiger partial charge in [0.05, 0.1) is 19.0 Å². The fourth-order valence-electron chi connectivity index (χ4n) is 3.61. The molecule has 0 atom stereocenters. The molecule has 1 amide bonds. The highest BCUT2D eigenvalue weighted by Gasteiger charge is 2.13. The fraction of sp³-hybridized carbons (Fsp3) is 0.391. The minimum Gasteiger partial charge on any atom is -0.497 e. The third-order valence-electron chi connectivity index (χ3n) is 5.32. The molecule has 4 rings (SSSR count). The summed E-state index contributed by atoms with van der Waals surface area (Å²) in [6.45, 7) is 2.10. The average molecular weight is 422 g/mol. The fourth-order valence-corrected chi connectivity index (χ4v) is 3.61. The zero-order chi connectivity index (χ0) is 21.5. The highest BCUT2D eigenvalue weighted by Crippen LogP contribution is 2.21. The van der Waals surface area contributed by atoms with Gasteiger partial charge in [0.2, 0.25) is 17.6 Å². The number of anilines is 2. The van der Waals surface area contributed by atoms with Crippen LogP contribution in [0.5, 0.6) is 5.75 Å². The molecule has 1 aliphatic rings. The lowest BCUT2D eigenvalue weighted by Gasteiger charge is -2.27. The van der Waals surface area contributed by atoms with Gasteiger partial charge in [0.1, 0.15) is 11.6 Å². The Labute approximate surface area is 181 Å². The molecule has 0 unspecified atom stereocenters. The number of aromatic nitrogens is 3. The third-order valence-corrected chi connectivity index (χ3v) is 5.32. The maximum absolute atomic E-state index is 12.2. The summed E-state index contributed by atoms with van der Waals surface area (Å²) in [5, 5.41) is 6.92. The molecule has 0 bridgehead atoms. The van der Waals surface area contributed by atoms with Crippen LogP contribution < -0.4 is 15.0 Å². The number of hydrogen-bond donors (Lipinski definition) is 1. The quantitative estimate of drug-likeness (QED) is 0.585. The van der Waals surface area contributed by atoms with Gasteiger partial charge in [-0.2, -0.15) is 4.98 Å². The lowest BCUT2D eigenvalue weighted by atomic mass is 10.1. The smallest absolute Gasteiger partial charge is 0.226 e. The number of piperidine rings is 1. The highest BCUT2D eigenvalue weighted by molar-refractivity contribution is 5.90. The van der Waals surface area contributed by atoms with Crippen molar-refractivity contribution < 1.29 is 14.1 Å². The third kappa shape index (κ3) is 5.59. The van der Waals surface area contributed by atoms with Gasteiger partial charge in [0, 0.05) is 31.5 Å². The number of nitrogens with zero attached hydrogens (tertiary/aromatic N) is 4. The molecular formula is C23H27N5O3. The van der Waals surface area contributed by atoms with Crippen molar-refractivity contribution in [3.8, 4) is 17.1 Å². The molecule has 8 heteroatoms. The van der Waals surface area contributed by atoms with Crippen molar-refractivity contribution in [2.45, 2.75) is 38.5 Å². The molecule has 3 aromatic rings. The standard InChI is InChI=1S/C23H27N5O3/c1-30-19-11-8-17(9-12-19)23-26-22(31-27-23)7-5-6-21(29)25-18-10-13-20(24-16-18)28-14-3-2-4-15-28/h8-13,16H,2-7,14-15H2,1H3,(H,25,29). The van der Waals surface area contributed by atoms with Gasteiger partial charge in [-0.1, -0.05) is 5.16 Å². The number of aryl methyl sites for hydroxylation is 1. The number of carbonyl (C=O) groups excluding carboxylic acids is 1. The van der Waals surface area contributed by atoms with Crippen LogP contribution in [0.1, 0.15) is 38.0 Å². The SMILES string of the molecule is COc1ccc(-c2noc(CCCC(=O)Nc3ccc(N4CCCCC4)nc3)n2)cc1. The lowest BCUT2D eigenvalue weighted by molar-refractivity contribution is -0.116. The molecule has 1 N–H and O–H groups in total. The van der Waals surface area contributed by atoms with Crippen molar-refractivity contribution in [3.05, 3.63) is 48.5 Å². The van der Waals surface area contributed by atoms with E-state index in [4.69, 9.17) is 9.26 Å². The normalized spacial score (nSPS) is 13.8. The minimum absolute atomic E-state index is 0.0533. The number of amides is 1. The molecule has 0 saturated carbocycles. The van der Waals surface area contributed by atoms with Crippen LogP contribution >= 0.6 is 0 Å². The molecule has 1 aromatic carbocycles. The summed E-state index contributed by atoms with van der Waals surface area (Å²) in [6, 6.07) is 11.3. The van der Waals surface area contributed by atoms with Gasteiger partial charge in [-0.05, 0) is 62.1 Å². The first-order chi connectivity index (χ1) is 15.2. The Morgan fingerprint density at radius 3 is 2.65 bits per heavy atom. The van der Waals surface area contributed by atoms with Crippen LogP contribution in [0.3, 0.4) is 0 Å². The average Bonchev–Trinajstić information content (AvgIpc) is 3.29. The Bertz CT molecular complexity index is 979. The second-order valence-corrected chi connectivity index (χ2v) is 7.59. The summed E-state index contributed by atoms with van der Waals surface area (Å²) in [6.07, 6.45) is 6.97. The van der Waals surface area contributed by atoms with E-state index in [2.05, 4.69) is 25.3 Å². The molecule has 8 nitrogen and oxygen atoms in total. The van der Waals surface area contributed by atoms with Crippen LogP contribution in [-0.4, -0.2) is 41.2 Å². The van der Waals surface area contributed by atoms with Crippen molar-refractivity contribution in [3.63, 3.8) is 0 Å². The molecule has 31 heavy (non-hydrogen) atoms. The number of ether oxygens (including phenoxy) is 1. The Kier molecular flexibility index (Phi) is 6.76. The van der Waals surface area contributed by atoms with E-state index in [-0.39, 0.29) is 5.91 Å². The van der Waals surface area contributed by atoms with Crippen molar-refractivity contribution in [1.29, 1.82) is 0 Å². The molecule has 3 heterocycles. The lowest BCUT2D eigenvalue weighted by Crippen LogP contribution is -2.30. The van der Waals surface area contributed by atoms with E-state index in [1.165, 1.54) is 19.3 Å². The summed E-state index contributed by atoms with van der Waals surface area (Å²) in [4.78, 5) is 23.4. The Morgan fingerprint density at radius 1 is 1.13 bits per heavy atom. The Balaban J connectivity index is 1.22. The maximum atomic E-state index is 12.2. The zero-order valence-electron chi connectivity index (χ0n) is 17.7. The van der Waals surface area contributed by atoms with Crippen molar-refractivity contribution >= 4 is 17.4 Å². The number of nitrogens with one attached hydrogen (secondary N) is 1. The number of methoxy groups -OCH3 is 1. The number of carbonyl (C=O) groups is 1. The number of benzene rings is 1. The largest absolute Gasteiger partial charge is 0.497 e. The summed E-state index contributed by atoms with van der Waals surface area (Å²) < 4.78 is 10.5. The zero-order valence-corrected chi connectivity index (χ0v) is 17.7. The summed E-state index contributed by atoms with van der Waals surface area (Å²) >= 11 is 0. The molecule has 0 spiro atoms. The predicted octanol–water partition coefficient (Wildman–Crippen LogP) is 4.09. The molecule has 162 valence electrons. The number of hydrogen-bond acceptors (Lipinski definition) is 7. The topological polar surface area (TPSA) is 93.4 Å². The molecular weight excluding hydrogens is 394 g/mol. The first-order valence-corrected chi connectivity index (χ1v) is 10.7.